The van der Waals surface area contributed by atoms with Crippen LogP contribution in [0.15, 0.2) is 40.5 Å². The lowest BCUT2D eigenvalue weighted by molar-refractivity contribution is -0.140. The van der Waals surface area contributed by atoms with Crippen LogP contribution in [0.4, 0.5) is 0 Å². The molecule has 0 saturated carbocycles. The van der Waals surface area contributed by atoms with Crippen molar-refractivity contribution in [3.8, 4) is 0 Å². The summed E-state index contributed by atoms with van der Waals surface area (Å²) in [6.45, 7) is 3.37. The molecule has 0 spiro atoms. The van der Waals surface area contributed by atoms with Crippen molar-refractivity contribution in [1.82, 2.24) is 0 Å². The Bertz CT molecular complexity index is 732. The second kappa shape index (κ2) is 6.56. The summed E-state index contributed by atoms with van der Waals surface area (Å²) < 4.78 is 4.76. The number of rotatable bonds is 4. The average molecular weight is 315 g/mol. The zero-order valence-corrected chi connectivity index (χ0v) is 13.1. The summed E-state index contributed by atoms with van der Waals surface area (Å²) in [7, 11) is 1.19. The quantitative estimate of drug-likeness (QED) is 0.676. The Morgan fingerprint density at radius 3 is 2.43 bits per heavy atom. The van der Waals surface area contributed by atoms with Gasteiger partial charge in [0.2, 0.25) is 0 Å². The van der Waals surface area contributed by atoms with Crippen molar-refractivity contribution in [2.24, 2.45) is 10.9 Å². The molecule has 0 aromatic heterocycles. The van der Waals surface area contributed by atoms with Gasteiger partial charge in [-0.05, 0) is 25.0 Å². The summed E-state index contributed by atoms with van der Waals surface area (Å²) in [6, 6.07) is 7.16. The third-order valence-electron chi connectivity index (χ3n) is 3.97. The maximum absolute atomic E-state index is 12.2. The number of nitrogens with zero attached hydrogens (tertiary/aromatic N) is 1. The molecule has 1 N–H and O–H groups in total. The summed E-state index contributed by atoms with van der Waals surface area (Å²) in [6.07, 6.45) is 0.457. The zero-order chi connectivity index (χ0) is 17.1. The number of aryl methyl sites for hydroxylation is 1. The number of methoxy groups -OCH3 is 1. The van der Waals surface area contributed by atoms with Gasteiger partial charge in [-0.3, -0.25) is 14.6 Å². The van der Waals surface area contributed by atoms with Gasteiger partial charge in [-0.15, -0.1) is 0 Å². The van der Waals surface area contributed by atoms with Gasteiger partial charge < -0.3 is 9.84 Å². The maximum atomic E-state index is 12.2. The van der Waals surface area contributed by atoms with E-state index in [0.717, 1.165) is 5.56 Å². The first-order valence-corrected chi connectivity index (χ1v) is 7.03. The Morgan fingerprint density at radius 1 is 1.26 bits per heavy atom. The van der Waals surface area contributed by atoms with Crippen LogP contribution in [0, 0.1) is 12.8 Å². The topological polar surface area (TPSA) is 93.0 Å². The SMILES string of the molecule is COC(=O)C1=C(C=O)N=C(C)C(C(=O)O)C1c1ccccc1C. The van der Waals surface area contributed by atoms with Crippen molar-refractivity contribution in [2.75, 3.05) is 7.11 Å². The highest BCUT2D eigenvalue weighted by Gasteiger charge is 2.42. The van der Waals surface area contributed by atoms with Crippen molar-refractivity contribution in [3.05, 3.63) is 46.7 Å². The van der Waals surface area contributed by atoms with Gasteiger partial charge >= 0.3 is 11.9 Å². The summed E-state index contributed by atoms with van der Waals surface area (Å²) in [4.78, 5) is 39.3. The lowest BCUT2D eigenvalue weighted by atomic mass is 9.74. The Balaban J connectivity index is 2.78. The van der Waals surface area contributed by atoms with E-state index in [2.05, 4.69) is 4.99 Å². The average Bonchev–Trinajstić information content (AvgIpc) is 2.53. The number of aliphatic carboxylic acids is 1. The van der Waals surface area contributed by atoms with E-state index in [-0.39, 0.29) is 17.0 Å². The zero-order valence-electron chi connectivity index (χ0n) is 13.1. The molecule has 2 atom stereocenters. The van der Waals surface area contributed by atoms with Gasteiger partial charge in [0, 0.05) is 11.6 Å². The third-order valence-corrected chi connectivity index (χ3v) is 3.97. The van der Waals surface area contributed by atoms with Gasteiger partial charge in [-0.2, -0.15) is 0 Å². The molecule has 1 heterocycles. The molecular weight excluding hydrogens is 298 g/mol. The number of aliphatic imine (C=N–C) groups is 1. The first-order chi connectivity index (χ1) is 10.9. The minimum Gasteiger partial charge on any atom is -0.481 e. The molecule has 0 fully saturated rings. The number of hydrogen-bond acceptors (Lipinski definition) is 5. The van der Waals surface area contributed by atoms with Crippen LogP contribution in [0.5, 0.6) is 0 Å². The van der Waals surface area contributed by atoms with Gasteiger partial charge in [0.05, 0.1) is 12.7 Å². The van der Waals surface area contributed by atoms with Crippen molar-refractivity contribution in [1.29, 1.82) is 0 Å². The Labute approximate surface area is 133 Å². The van der Waals surface area contributed by atoms with Gasteiger partial charge in [0.25, 0.3) is 0 Å². The van der Waals surface area contributed by atoms with Gasteiger partial charge in [-0.25, -0.2) is 4.79 Å². The Hall–Kier alpha value is -2.76. The number of allylic oxidation sites excluding steroid dienone is 1. The molecule has 6 nitrogen and oxygen atoms in total. The highest BCUT2D eigenvalue weighted by atomic mass is 16.5. The van der Waals surface area contributed by atoms with Gasteiger partial charge in [-0.1, -0.05) is 24.3 Å². The summed E-state index contributed by atoms with van der Waals surface area (Å²) in [5.74, 6) is -3.71. The molecule has 1 aromatic rings. The van der Waals surface area contributed by atoms with Crippen molar-refractivity contribution in [3.63, 3.8) is 0 Å². The number of carboxylic acids is 1. The Kier molecular flexibility index (Phi) is 4.74. The van der Waals surface area contributed by atoms with Crippen LogP contribution in [0.25, 0.3) is 0 Å². The van der Waals surface area contributed by atoms with E-state index >= 15 is 0 Å². The summed E-state index contributed by atoms with van der Waals surface area (Å²) in [5.41, 5.74) is 1.66. The molecule has 0 radical (unpaired) electrons. The molecule has 120 valence electrons. The van der Waals surface area contributed by atoms with E-state index in [4.69, 9.17) is 4.74 Å². The van der Waals surface area contributed by atoms with E-state index in [1.807, 2.05) is 19.1 Å². The van der Waals surface area contributed by atoms with Crippen LogP contribution < -0.4 is 0 Å². The van der Waals surface area contributed by atoms with Crippen molar-refractivity contribution >= 4 is 23.9 Å². The Morgan fingerprint density at radius 2 is 1.91 bits per heavy atom. The molecule has 0 aliphatic carbocycles. The normalized spacial score (nSPS) is 20.7. The maximum Gasteiger partial charge on any atom is 0.336 e. The molecule has 1 aliphatic heterocycles. The molecule has 6 heteroatoms. The van der Waals surface area contributed by atoms with E-state index < -0.39 is 23.8 Å². The van der Waals surface area contributed by atoms with Crippen LogP contribution in [-0.2, 0) is 19.1 Å². The van der Waals surface area contributed by atoms with Crippen LogP contribution in [0.1, 0.15) is 24.0 Å². The molecule has 0 saturated heterocycles. The number of aldehydes is 1. The largest absolute Gasteiger partial charge is 0.481 e. The number of ether oxygens (including phenoxy) is 1. The highest BCUT2D eigenvalue weighted by Crippen LogP contribution is 2.40. The smallest absolute Gasteiger partial charge is 0.336 e. The minimum absolute atomic E-state index is 0.0187. The van der Waals surface area contributed by atoms with Crippen molar-refractivity contribution in [2.45, 2.75) is 19.8 Å². The minimum atomic E-state index is -1.11. The van der Waals surface area contributed by atoms with E-state index in [9.17, 15) is 19.5 Å². The molecule has 0 amide bonds. The fourth-order valence-electron chi connectivity index (χ4n) is 2.91. The lowest BCUT2D eigenvalue weighted by Crippen LogP contribution is -2.36. The number of carbonyl (C=O) groups excluding carboxylic acids is 2. The van der Waals surface area contributed by atoms with E-state index in [0.29, 0.717) is 11.8 Å². The molecular formula is C17H17NO5. The number of esters is 1. The summed E-state index contributed by atoms with van der Waals surface area (Å²) in [5, 5.41) is 9.62. The molecule has 1 aliphatic rings. The molecule has 23 heavy (non-hydrogen) atoms. The van der Waals surface area contributed by atoms with Crippen molar-refractivity contribution < 1.29 is 24.2 Å². The molecule has 1 aromatic carbocycles. The van der Waals surface area contributed by atoms with Crippen LogP contribution >= 0.6 is 0 Å². The summed E-state index contributed by atoms with van der Waals surface area (Å²) >= 11 is 0. The monoisotopic (exact) mass is 315 g/mol. The number of benzene rings is 1. The lowest BCUT2D eigenvalue weighted by Gasteiger charge is -2.30. The predicted molar refractivity (Wildman–Crippen MR) is 83.3 cm³/mol. The van der Waals surface area contributed by atoms with E-state index in [1.165, 1.54) is 7.11 Å². The highest BCUT2D eigenvalue weighted by molar-refractivity contribution is 6.09. The first-order valence-electron chi connectivity index (χ1n) is 7.03. The number of hydrogen-bond donors (Lipinski definition) is 1. The second-order valence-electron chi connectivity index (χ2n) is 5.31. The predicted octanol–water partition coefficient (Wildman–Crippen LogP) is 1.88. The molecule has 2 rings (SSSR count). The number of carbonyl (C=O) groups is 3. The van der Waals surface area contributed by atoms with Crippen LogP contribution in [0.3, 0.4) is 0 Å². The second-order valence-corrected chi connectivity index (χ2v) is 5.31. The van der Waals surface area contributed by atoms with Crippen LogP contribution in [-0.4, -0.2) is 36.2 Å². The van der Waals surface area contributed by atoms with Gasteiger partial charge in [0.1, 0.15) is 11.6 Å². The third kappa shape index (κ3) is 2.92. The molecule has 0 bridgehead atoms. The molecule has 2 unspecified atom stereocenters. The standard InChI is InChI=1S/C17H17NO5/c1-9-6-4-5-7-11(9)14-13(16(20)21)10(2)18-12(8-19)15(14)17(22)23-3/h4-8,13-14H,1-3H3,(H,20,21). The van der Waals surface area contributed by atoms with Gasteiger partial charge in [0.15, 0.2) is 6.29 Å². The van der Waals surface area contributed by atoms with Crippen LogP contribution in [0.2, 0.25) is 0 Å². The van der Waals surface area contributed by atoms with E-state index in [1.54, 1.807) is 19.1 Å². The fraction of sp³-hybridized carbons (Fsp3) is 0.294. The first kappa shape index (κ1) is 16.6. The number of carboxylic acid groups (broad SMARTS) is 1. The fourth-order valence-corrected chi connectivity index (χ4v) is 2.91.